The van der Waals surface area contributed by atoms with Crippen molar-refractivity contribution in [2.45, 2.75) is 52.7 Å². The van der Waals surface area contributed by atoms with Crippen LogP contribution in [-0.2, 0) is 24.3 Å². The lowest BCUT2D eigenvalue weighted by Crippen LogP contribution is -2.30. The van der Waals surface area contributed by atoms with Crippen molar-refractivity contribution in [1.82, 2.24) is 10.2 Å². The second-order valence-electron chi connectivity index (χ2n) is 7.52. The Bertz CT molecular complexity index is 837. The molecular formula is C23H29ClN2O2. The van der Waals surface area contributed by atoms with Gasteiger partial charge in [0, 0.05) is 26.6 Å². The number of rotatable bonds is 7. The predicted octanol–water partition coefficient (Wildman–Crippen LogP) is 4.88. The standard InChI is InChI=1S/C23H29ClN2O2/c1-4-11-28-23-8-5-18(12-22(23)24)14-26-10-9-20-13-19(6-7-21(20)15-26)16(2)25-17(3)27/h5-8,12-13,16H,4,9-11,14-15H2,1-3H3,(H,25,27). The second-order valence-corrected chi connectivity index (χ2v) is 7.93. The van der Waals surface area contributed by atoms with Crippen molar-refractivity contribution in [1.29, 1.82) is 0 Å². The maximum absolute atomic E-state index is 11.3. The van der Waals surface area contributed by atoms with Gasteiger partial charge in [0.1, 0.15) is 5.75 Å². The van der Waals surface area contributed by atoms with Crippen molar-refractivity contribution in [2.75, 3.05) is 13.2 Å². The first-order chi connectivity index (χ1) is 13.5. The summed E-state index contributed by atoms with van der Waals surface area (Å²) in [5, 5.41) is 3.64. The molecule has 4 nitrogen and oxygen atoms in total. The molecule has 3 rings (SSSR count). The van der Waals surface area contributed by atoms with Gasteiger partial charge in [-0.05, 0) is 54.2 Å². The van der Waals surface area contributed by atoms with E-state index < -0.39 is 0 Å². The monoisotopic (exact) mass is 400 g/mol. The lowest BCUT2D eigenvalue weighted by Gasteiger charge is -2.29. The maximum Gasteiger partial charge on any atom is 0.217 e. The highest BCUT2D eigenvalue weighted by Crippen LogP contribution is 2.28. The molecule has 150 valence electrons. The average molecular weight is 401 g/mol. The van der Waals surface area contributed by atoms with E-state index in [1.165, 1.54) is 16.7 Å². The van der Waals surface area contributed by atoms with Crippen LogP contribution in [0.1, 0.15) is 55.5 Å². The Kier molecular flexibility index (Phi) is 6.97. The number of carbonyl (C=O) groups excluding carboxylic acids is 1. The van der Waals surface area contributed by atoms with Crippen molar-refractivity contribution in [3.05, 3.63) is 63.7 Å². The van der Waals surface area contributed by atoms with Gasteiger partial charge in [-0.1, -0.05) is 42.8 Å². The van der Waals surface area contributed by atoms with Crippen LogP contribution in [0.3, 0.4) is 0 Å². The van der Waals surface area contributed by atoms with E-state index in [2.05, 4.69) is 41.4 Å². The molecule has 0 saturated carbocycles. The third kappa shape index (κ3) is 5.27. The topological polar surface area (TPSA) is 41.6 Å². The van der Waals surface area contributed by atoms with E-state index in [9.17, 15) is 4.79 Å². The molecule has 1 aliphatic heterocycles. The minimum Gasteiger partial charge on any atom is -0.492 e. The van der Waals surface area contributed by atoms with Gasteiger partial charge in [0.2, 0.25) is 5.91 Å². The molecule has 0 saturated heterocycles. The molecule has 0 radical (unpaired) electrons. The zero-order chi connectivity index (χ0) is 20.1. The summed E-state index contributed by atoms with van der Waals surface area (Å²) in [6, 6.07) is 12.7. The minimum absolute atomic E-state index is 0.00108. The molecular weight excluding hydrogens is 372 g/mol. The molecule has 1 N–H and O–H groups in total. The number of amides is 1. The number of hydrogen-bond donors (Lipinski definition) is 1. The highest BCUT2D eigenvalue weighted by molar-refractivity contribution is 6.32. The summed E-state index contributed by atoms with van der Waals surface area (Å²) in [7, 11) is 0. The molecule has 1 unspecified atom stereocenters. The SMILES string of the molecule is CCCOc1ccc(CN2CCc3cc(C(C)NC(C)=O)ccc3C2)cc1Cl. The third-order valence-corrected chi connectivity index (χ3v) is 5.40. The number of nitrogens with one attached hydrogen (secondary N) is 1. The molecule has 1 heterocycles. The zero-order valence-electron chi connectivity index (χ0n) is 16.9. The van der Waals surface area contributed by atoms with E-state index >= 15 is 0 Å². The Balaban J connectivity index is 1.64. The van der Waals surface area contributed by atoms with Crippen molar-refractivity contribution in [3.8, 4) is 5.75 Å². The lowest BCUT2D eigenvalue weighted by atomic mass is 9.95. The zero-order valence-corrected chi connectivity index (χ0v) is 17.7. The normalized spacial score (nSPS) is 15.0. The molecule has 1 aliphatic rings. The highest BCUT2D eigenvalue weighted by atomic mass is 35.5. The summed E-state index contributed by atoms with van der Waals surface area (Å²) in [5.41, 5.74) is 5.11. The highest BCUT2D eigenvalue weighted by Gasteiger charge is 2.18. The molecule has 5 heteroatoms. The number of nitrogens with zero attached hydrogens (tertiary/aromatic N) is 1. The van der Waals surface area contributed by atoms with E-state index in [-0.39, 0.29) is 11.9 Å². The van der Waals surface area contributed by atoms with E-state index in [4.69, 9.17) is 16.3 Å². The number of benzene rings is 2. The number of carbonyl (C=O) groups is 1. The predicted molar refractivity (Wildman–Crippen MR) is 114 cm³/mol. The van der Waals surface area contributed by atoms with Gasteiger partial charge in [0.25, 0.3) is 0 Å². The van der Waals surface area contributed by atoms with Crippen LogP contribution in [0.25, 0.3) is 0 Å². The van der Waals surface area contributed by atoms with Crippen molar-refractivity contribution >= 4 is 17.5 Å². The van der Waals surface area contributed by atoms with E-state index in [0.717, 1.165) is 43.8 Å². The molecule has 1 atom stereocenters. The van der Waals surface area contributed by atoms with Crippen LogP contribution in [0.5, 0.6) is 5.75 Å². The van der Waals surface area contributed by atoms with Crippen LogP contribution in [0, 0.1) is 0 Å². The van der Waals surface area contributed by atoms with Crippen LogP contribution in [0.4, 0.5) is 0 Å². The maximum atomic E-state index is 11.3. The Morgan fingerprint density at radius 1 is 1.25 bits per heavy atom. The third-order valence-electron chi connectivity index (χ3n) is 5.11. The van der Waals surface area contributed by atoms with Gasteiger partial charge >= 0.3 is 0 Å². The van der Waals surface area contributed by atoms with Crippen LogP contribution >= 0.6 is 11.6 Å². The van der Waals surface area contributed by atoms with Gasteiger partial charge in [-0.15, -0.1) is 0 Å². The molecule has 0 spiro atoms. The molecule has 0 bridgehead atoms. The van der Waals surface area contributed by atoms with Gasteiger partial charge in [0.05, 0.1) is 17.7 Å². The fourth-order valence-electron chi connectivity index (χ4n) is 3.65. The number of fused-ring (bicyclic) bond motifs is 1. The van der Waals surface area contributed by atoms with Crippen LogP contribution in [-0.4, -0.2) is 24.0 Å². The summed E-state index contributed by atoms with van der Waals surface area (Å²) < 4.78 is 5.66. The Morgan fingerprint density at radius 2 is 2.07 bits per heavy atom. The Morgan fingerprint density at radius 3 is 2.79 bits per heavy atom. The van der Waals surface area contributed by atoms with E-state index in [1.807, 2.05) is 19.1 Å². The molecule has 2 aromatic carbocycles. The number of ether oxygens (including phenoxy) is 1. The van der Waals surface area contributed by atoms with Crippen molar-refractivity contribution in [2.24, 2.45) is 0 Å². The first-order valence-corrected chi connectivity index (χ1v) is 10.4. The number of hydrogen-bond acceptors (Lipinski definition) is 3. The lowest BCUT2D eigenvalue weighted by molar-refractivity contribution is -0.119. The quantitative estimate of drug-likeness (QED) is 0.719. The molecule has 0 aromatic heterocycles. The van der Waals surface area contributed by atoms with Gasteiger partial charge in [-0.3, -0.25) is 9.69 Å². The van der Waals surface area contributed by atoms with Crippen molar-refractivity contribution in [3.63, 3.8) is 0 Å². The van der Waals surface area contributed by atoms with Gasteiger partial charge in [-0.2, -0.15) is 0 Å². The van der Waals surface area contributed by atoms with Gasteiger partial charge < -0.3 is 10.1 Å². The van der Waals surface area contributed by atoms with E-state index in [1.54, 1.807) is 6.92 Å². The van der Waals surface area contributed by atoms with Crippen molar-refractivity contribution < 1.29 is 9.53 Å². The Hall–Kier alpha value is -2.04. The molecule has 0 fully saturated rings. The summed E-state index contributed by atoms with van der Waals surface area (Å²) in [6.45, 7) is 9.16. The second kappa shape index (κ2) is 9.44. The smallest absolute Gasteiger partial charge is 0.217 e. The average Bonchev–Trinajstić information content (AvgIpc) is 2.66. The first kappa shape index (κ1) is 20.7. The number of halogens is 1. The fourth-order valence-corrected chi connectivity index (χ4v) is 3.91. The fraction of sp³-hybridized carbons (Fsp3) is 0.435. The largest absolute Gasteiger partial charge is 0.492 e. The minimum atomic E-state index is 0.00108. The van der Waals surface area contributed by atoms with Gasteiger partial charge in [-0.25, -0.2) is 0 Å². The Labute approximate surface area is 172 Å². The van der Waals surface area contributed by atoms with Crippen LogP contribution in [0.2, 0.25) is 5.02 Å². The molecule has 0 aliphatic carbocycles. The van der Waals surface area contributed by atoms with Crippen LogP contribution < -0.4 is 10.1 Å². The molecule has 2 aromatic rings. The van der Waals surface area contributed by atoms with Crippen LogP contribution in [0.15, 0.2) is 36.4 Å². The summed E-state index contributed by atoms with van der Waals surface area (Å²) in [6.07, 6.45) is 1.98. The molecule has 1 amide bonds. The van der Waals surface area contributed by atoms with Gasteiger partial charge in [0.15, 0.2) is 0 Å². The summed E-state index contributed by atoms with van der Waals surface area (Å²) in [5.74, 6) is 0.762. The molecule has 28 heavy (non-hydrogen) atoms. The summed E-state index contributed by atoms with van der Waals surface area (Å²) in [4.78, 5) is 13.7. The summed E-state index contributed by atoms with van der Waals surface area (Å²) >= 11 is 6.37. The van der Waals surface area contributed by atoms with E-state index in [0.29, 0.717) is 11.6 Å². The first-order valence-electron chi connectivity index (χ1n) is 9.98.